The normalized spacial score (nSPS) is 15.6. The quantitative estimate of drug-likeness (QED) is 0.648. The van der Waals surface area contributed by atoms with Gasteiger partial charge in [-0.05, 0) is 49.0 Å². The van der Waals surface area contributed by atoms with Crippen molar-refractivity contribution in [2.45, 2.75) is 19.4 Å². The number of hydrogen-bond donors (Lipinski definition) is 2. The van der Waals surface area contributed by atoms with Crippen LogP contribution in [0.1, 0.15) is 35.4 Å². The number of thiophene rings is 1. The Hall–Kier alpha value is -2.45. The summed E-state index contributed by atoms with van der Waals surface area (Å²) >= 11 is 1.47. The minimum absolute atomic E-state index is 0.0366. The lowest BCUT2D eigenvalue weighted by molar-refractivity contribution is 0.0942. The van der Waals surface area contributed by atoms with Crippen LogP contribution in [0.15, 0.2) is 29.9 Å². The lowest BCUT2D eigenvalue weighted by Crippen LogP contribution is -2.43. The van der Waals surface area contributed by atoms with E-state index in [0.29, 0.717) is 29.5 Å². The lowest BCUT2D eigenvalue weighted by atomic mass is 9.95. The number of Topliss-reactive ketones (excluding diaryl/α,β-unsaturated/α-hetero) is 1. The average molecular weight is 371 g/mol. The average Bonchev–Trinajstić information content (AvgIpc) is 3.05. The molecular formula is C18H18FN5OS. The number of carbonyl (C=O) groups excluding carboxylic acids is 1. The molecule has 0 bridgehead atoms. The molecule has 0 spiro atoms. The van der Waals surface area contributed by atoms with E-state index in [4.69, 9.17) is 0 Å². The van der Waals surface area contributed by atoms with Crippen molar-refractivity contribution in [3.8, 4) is 0 Å². The van der Waals surface area contributed by atoms with E-state index in [-0.39, 0.29) is 11.8 Å². The zero-order valence-electron chi connectivity index (χ0n) is 14.2. The summed E-state index contributed by atoms with van der Waals surface area (Å²) in [5.41, 5.74) is 1.89. The van der Waals surface area contributed by atoms with Crippen LogP contribution in [0.3, 0.4) is 0 Å². The van der Waals surface area contributed by atoms with Crippen LogP contribution in [0.4, 0.5) is 10.3 Å². The third-order valence-electron chi connectivity index (χ3n) is 4.48. The molecular weight excluding hydrogens is 353 g/mol. The predicted molar refractivity (Wildman–Crippen MR) is 99.0 cm³/mol. The summed E-state index contributed by atoms with van der Waals surface area (Å²) in [6.45, 7) is 3.62. The molecule has 134 valence electrons. The Morgan fingerprint density at radius 2 is 2.27 bits per heavy atom. The van der Waals surface area contributed by atoms with Crippen LogP contribution < -0.4 is 10.6 Å². The van der Waals surface area contributed by atoms with Crippen LogP contribution in [0.5, 0.6) is 0 Å². The first kappa shape index (κ1) is 17.0. The number of aromatic nitrogens is 3. The van der Waals surface area contributed by atoms with E-state index in [9.17, 15) is 9.18 Å². The van der Waals surface area contributed by atoms with E-state index in [0.717, 1.165) is 29.5 Å². The molecule has 0 radical (unpaired) electrons. The molecule has 26 heavy (non-hydrogen) atoms. The fourth-order valence-electron chi connectivity index (χ4n) is 2.91. The van der Waals surface area contributed by atoms with Gasteiger partial charge in [0, 0.05) is 12.6 Å². The summed E-state index contributed by atoms with van der Waals surface area (Å²) in [5, 5.41) is 8.24. The zero-order valence-corrected chi connectivity index (χ0v) is 15.0. The Morgan fingerprint density at radius 1 is 1.42 bits per heavy atom. The molecule has 3 aromatic heterocycles. The van der Waals surface area contributed by atoms with Crippen molar-refractivity contribution in [1.82, 2.24) is 20.3 Å². The third kappa shape index (κ3) is 3.42. The molecule has 4 heterocycles. The highest BCUT2D eigenvalue weighted by Gasteiger charge is 2.24. The van der Waals surface area contributed by atoms with Crippen molar-refractivity contribution in [3.63, 3.8) is 0 Å². The number of nitrogens with one attached hydrogen (secondary N) is 2. The van der Waals surface area contributed by atoms with Gasteiger partial charge >= 0.3 is 0 Å². The number of nitrogens with zero attached hydrogens (tertiary/aromatic N) is 3. The lowest BCUT2D eigenvalue weighted by Gasteiger charge is -2.26. The standard InChI is InChI=1S/C18H18FN5OS/c1-10(12-5-13(19)9-21-8-12)22-18-23-14-2-3-26-17(14)16(24-18)15(25)4-11-6-20-7-11/h2-3,5,8-11,20H,4,6-7H2,1H3,(H,22,23,24)/t10-/m0/s1. The molecule has 1 aliphatic heterocycles. The van der Waals surface area contributed by atoms with Gasteiger partial charge in [0.15, 0.2) is 5.78 Å². The number of halogens is 1. The van der Waals surface area contributed by atoms with Gasteiger partial charge in [0.1, 0.15) is 11.5 Å². The maximum absolute atomic E-state index is 13.4. The Balaban J connectivity index is 1.61. The second-order valence-electron chi connectivity index (χ2n) is 6.48. The highest BCUT2D eigenvalue weighted by atomic mass is 32.1. The Bertz CT molecular complexity index is 956. The third-order valence-corrected chi connectivity index (χ3v) is 5.39. The van der Waals surface area contributed by atoms with Crippen molar-refractivity contribution in [2.24, 2.45) is 5.92 Å². The van der Waals surface area contributed by atoms with Gasteiger partial charge in [-0.1, -0.05) is 0 Å². The highest BCUT2D eigenvalue weighted by Crippen LogP contribution is 2.27. The van der Waals surface area contributed by atoms with Gasteiger partial charge in [-0.15, -0.1) is 11.3 Å². The van der Waals surface area contributed by atoms with Crippen molar-refractivity contribution >= 4 is 33.3 Å². The topological polar surface area (TPSA) is 79.8 Å². The SMILES string of the molecule is C[C@H](Nc1nc(C(=O)CC2CNC2)c2sccc2n1)c1cncc(F)c1. The molecule has 0 aliphatic carbocycles. The fraction of sp³-hybridized carbons (Fsp3) is 0.333. The van der Waals surface area contributed by atoms with Gasteiger partial charge in [0.25, 0.3) is 0 Å². The number of hydrogen-bond acceptors (Lipinski definition) is 7. The van der Waals surface area contributed by atoms with E-state index < -0.39 is 5.82 Å². The number of ketones is 1. The van der Waals surface area contributed by atoms with E-state index in [1.807, 2.05) is 18.4 Å². The largest absolute Gasteiger partial charge is 0.348 e. The molecule has 2 N–H and O–H groups in total. The Labute approximate surface area is 153 Å². The fourth-order valence-corrected chi connectivity index (χ4v) is 3.75. The molecule has 0 unspecified atom stereocenters. The molecule has 8 heteroatoms. The molecule has 6 nitrogen and oxygen atoms in total. The monoisotopic (exact) mass is 371 g/mol. The van der Waals surface area contributed by atoms with E-state index in [1.54, 1.807) is 6.20 Å². The van der Waals surface area contributed by atoms with Crippen LogP contribution in [0.25, 0.3) is 10.2 Å². The summed E-state index contributed by atoms with van der Waals surface area (Å²) in [7, 11) is 0. The van der Waals surface area contributed by atoms with Gasteiger partial charge in [-0.25, -0.2) is 14.4 Å². The molecule has 0 aromatic carbocycles. The smallest absolute Gasteiger partial charge is 0.224 e. The molecule has 1 fully saturated rings. The predicted octanol–water partition coefficient (Wildman–Crippen LogP) is 3.19. The maximum atomic E-state index is 13.4. The van der Waals surface area contributed by atoms with E-state index in [1.165, 1.54) is 17.4 Å². The van der Waals surface area contributed by atoms with Gasteiger partial charge < -0.3 is 10.6 Å². The van der Waals surface area contributed by atoms with Crippen molar-refractivity contribution in [3.05, 3.63) is 47.0 Å². The van der Waals surface area contributed by atoms with E-state index in [2.05, 4.69) is 25.6 Å². The summed E-state index contributed by atoms with van der Waals surface area (Å²) < 4.78 is 14.2. The first-order valence-electron chi connectivity index (χ1n) is 8.46. The van der Waals surface area contributed by atoms with E-state index >= 15 is 0 Å². The summed E-state index contributed by atoms with van der Waals surface area (Å²) in [4.78, 5) is 25.5. The molecule has 1 atom stereocenters. The minimum atomic E-state index is -0.393. The number of pyridine rings is 1. The Morgan fingerprint density at radius 3 is 3.00 bits per heavy atom. The molecule has 4 rings (SSSR count). The van der Waals surface area contributed by atoms with Crippen LogP contribution in [-0.4, -0.2) is 33.8 Å². The highest BCUT2D eigenvalue weighted by molar-refractivity contribution is 7.17. The molecule has 0 amide bonds. The second kappa shape index (κ2) is 7.05. The maximum Gasteiger partial charge on any atom is 0.224 e. The van der Waals surface area contributed by atoms with Gasteiger partial charge in [-0.2, -0.15) is 0 Å². The van der Waals surface area contributed by atoms with Crippen LogP contribution in [0, 0.1) is 11.7 Å². The molecule has 1 aliphatic rings. The van der Waals surface area contributed by atoms with Gasteiger partial charge in [-0.3, -0.25) is 9.78 Å². The number of rotatable bonds is 6. The molecule has 0 saturated carbocycles. The molecule has 3 aromatic rings. The Kier molecular flexibility index (Phi) is 4.60. The first-order valence-corrected chi connectivity index (χ1v) is 9.34. The second-order valence-corrected chi connectivity index (χ2v) is 7.40. The van der Waals surface area contributed by atoms with Crippen LogP contribution in [-0.2, 0) is 0 Å². The minimum Gasteiger partial charge on any atom is -0.348 e. The summed E-state index contributed by atoms with van der Waals surface area (Å²) in [6, 6.07) is 3.06. The van der Waals surface area contributed by atoms with Crippen molar-refractivity contribution in [1.29, 1.82) is 0 Å². The van der Waals surface area contributed by atoms with Gasteiger partial charge in [0.05, 0.1) is 22.5 Å². The van der Waals surface area contributed by atoms with Crippen molar-refractivity contribution < 1.29 is 9.18 Å². The molecule has 1 saturated heterocycles. The van der Waals surface area contributed by atoms with Crippen LogP contribution >= 0.6 is 11.3 Å². The number of carbonyl (C=O) groups is 1. The van der Waals surface area contributed by atoms with Crippen LogP contribution in [0.2, 0.25) is 0 Å². The zero-order chi connectivity index (χ0) is 18.1. The van der Waals surface area contributed by atoms with Gasteiger partial charge in [0.2, 0.25) is 5.95 Å². The first-order chi connectivity index (χ1) is 12.6. The number of fused-ring (bicyclic) bond motifs is 1. The number of anilines is 1. The summed E-state index contributed by atoms with van der Waals surface area (Å²) in [5.74, 6) is 0.383. The van der Waals surface area contributed by atoms with Crippen molar-refractivity contribution in [2.75, 3.05) is 18.4 Å². The summed E-state index contributed by atoms with van der Waals surface area (Å²) in [6.07, 6.45) is 3.25.